The molecule has 0 fully saturated rings. The molecule has 1 rings (SSSR count). The molecule has 0 bridgehead atoms. The lowest BCUT2D eigenvalue weighted by atomic mass is 10.2. The van der Waals surface area contributed by atoms with Crippen LogP contribution in [-0.4, -0.2) is 26.9 Å². The second-order valence-corrected chi connectivity index (χ2v) is 5.67. The van der Waals surface area contributed by atoms with Crippen molar-refractivity contribution in [3.8, 4) is 0 Å². The molecule has 0 aliphatic heterocycles. The van der Waals surface area contributed by atoms with Crippen LogP contribution in [-0.2, 0) is 15.6 Å². The van der Waals surface area contributed by atoms with E-state index in [9.17, 15) is 13.8 Å². The van der Waals surface area contributed by atoms with Gasteiger partial charge in [-0.05, 0) is 18.2 Å². The Bertz CT molecular complexity index is 518. The summed E-state index contributed by atoms with van der Waals surface area (Å²) in [6.45, 7) is 1.56. The predicted octanol–water partition coefficient (Wildman–Crippen LogP) is 1.27. The molecular formula is C11H12ClNO4S. The van der Waals surface area contributed by atoms with Crippen LogP contribution in [0.2, 0.25) is 5.02 Å². The number of halogens is 1. The Kier molecular flexibility index (Phi) is 4.86. The first kappa shape index (κ1) is 14.7. The van der Waals surface area contributed by atoms with Crippen molar-refractivity contribution < 1.29 is 18.9 Å². The summed E-state index contributed by atoms with van der Waals surface area (Å²) in [5.74, 6) is -2.23. The molecule has 0 aliphatic rings. The molecule has 2 atom stereocenters. The van der Waals surface area contributed by atoms with Gasteiger partial charge in [-0.15, -0.1) is 0 Å². The number of benzene rings is 1. The maximum Gasteiger partial charge on any atom is 0.337 e. The number of hydrogen-bond acceptors (Lipinski definition) is 3. The fraction of sp³-hybridized carbons (Fsp3) is 0.273. The number of nitrogens with two attached hydrogens (primary N) is 1. The van der Waals surface area contributed by atoms with Crippen molar-refractivity contribution >= 4 is 34.3 Å². The monoisotopic (exact) mass is 289 g/mol. The van der Waals surface area contributed by atoms with Crippen LogP contribution in [0, 0.1) is 5.92 Å². The standard InChI is InChI=1S/C11H12ClNO4S/c1-6(10(13)14)5-18(17)7-2-3-9(12)8(4-7)11(15)16/h2-4,6H,5H2,1H3,(H2,13,14)(H,15,16). The van der Waals surface area contributed by atoms with E-state index in [4.69, 9.17) is 22.4 Å². The van der Waals surface area contributed by atoms with Crippen LogP contribution >= 0.6 is 11.6 Å². The molecule has 98 valence electrons. The molecule has 2 unspecified atom stereocenters. The van der Waals surface area contributed by atoms with Gasteiger partial charge in [-0.2, -0.15) is 0 Å². The van der Waals surface area contributed by atoms with Crippen LogP contribution < -0.4 is 5.73 Å². The summed E-state index contributed by atoms with van der Waals surface area (Å²) in [7, 11) is -1.49. The molecule has 7 heteroatoms. The second kappa shape index (κ2) is 5.97. The van der Waals surface area contributed by atoms with E-state index in [2.05, 4.69) is 0 Å². The average Bonchev–Trinajstić information content (AvgIpc) is 2.28. The van der Waals surface area contributed by atoms with Gasteiger partial charge in [0.05, 0.1) is 21.4 Å². The number of carbonyl (C=O) groups is 2. The van der Waals surface area contributed by atoms with E-state index >= 15 is 0 Å². The molecule has 0 heterocycles. The fourth-order valence-corrected chi connectivity index (χ4v) is 2.69. The van der Waals surface area contributed by atoms with Crippen LogP contribution in [0.1, 0.15) is 17.3 Å². The van der Waals surface area contributed by atoms with Crippen molar-refractivity contribution in [2.45, 2.75) is 11.8 Å². The minimum absolute atomic E-state index is 0.0516. The molecule has 0 aromatic heterocycles. The number of primary amides is 1. The third kappa shape index (κ3) is 3.54. The summed E-state index contributed by atoms with van der Waals surface area (Å²) >= 11 is 5.70. The molecule has 0 aliphatic carbocycles. The van der Waals surface area contributed by atoms with Gasteiger partial charge in [0.15, 0.2) is 0 Å². The minimum Gasteiger partial charge on any atom is -0.478 e. The van der Waals surface area contributed by atoms with Crippen molar-refractivity contribution in [1.82, 2.24) is 0 Å². The number of carboxylic acids is 1. The predicted molar refractivity (Wildman–Crippen MR) is 68.0 cm³/mol. The molecule has 1 aromatic carbocycles. The van der Waals surface area contributed by atoms with E-state index in [-0.39, 0.29) is 16.3 Å². The number of hydrogen-bond donors (Lipinski definition) is 2. The van der Waals surface area contributed by atoms with Gasteiger partial charge in [0, 0.05) is 16.6 Å². The van der Waals surface area contributed by atoms with Gasteiger partial charge in [-0.1, -0.05) is 18.5 Å². The summed E-state index contributed by atoms with van der Waals surface area (Å²) in [4.78, 5) is 22.0. The first-order chi connectivity index (χ1) is 8.32. The molecule has 3 N–H and O–H groups in total. The highest BCUT2D eigenvalue weighted by atomic mass is 35.5. The third-order valence-electron chi connectivity index (χ3n) is 2.32. The van der Waals surface area contributed by atoms with Crippen LogP contribution in [0.25, 0.3) is 0 Å². The highest BCUT2D eigenvalue weighted by Gasteiger charge is 2.17. The lowest BCUT2D eigenvalue weighted by Gasteiger charge is -2.08. The van der Waals surface area contributed by atoms with E-state index in [1.807, 2.05) is 0 Å². The number of aromatic carboxylic acids is 1. The summed E-state index contributed by atoms with van der Waals surface area (Å²) in [5, 5.41) is 8.96. The SMILES string of the molecule is CC(CS(=O)c1ccc(Cl)c(C(=O)O)c1)C(N)=O. The van der Waals surface area contributed by atoms with Crippen LogP contribution in [0.5, 0.6) is 0 Å². The normalized spacial score (nSPS) is 13.9. The lowest BCUT2D eigenvalue weighted by Crippen LogP contribution is -2.25. The summed E-state index contributed by atoms with van der Waals surface area (Å²) in [5.41, 5.74) is 4.96. The zero-order valence-electron chi connectivity index (χ0n) is 9.55. The zero-order valence-corrected chi connectivity index (χ0v) is 11.1. The fourth-order valence-electron chi connectivity index (χ4n) is 1.22. The Morgan fingerprint density at radius 3 is 2.61 bits per heavy atom. The first-order valence-electron chi connectivity index (χ1n) is 5.03. The van der Waals surface area contributed by atoms with Gasteiger partial charge in [-0.25, -0.2) is 4.79 Å². The zero-order chi connectivity index (χ0) is 13.9. The van der Waals surface area contributed by atoms with Crippen molar-refractivity contribution in [2.75, 3.05) is 5.75 Å². The molecule has 0 spiro atoms. The number of carbonyl (C=O) groups excluding carboxylic acids is 1. The maximum absolute atomic E-state index is 11.9. The van der Waals surface area contributed by atoms with Crippen LogP contribution in [0.15, 0.2) is 23.1 Å². The highest BCUT2D eigenvalue weighted by Crippen LogP contribution is 2.20. The van der Waals surface area contributed by atoms with Crippen LogP contribution in [0.4, 0.5) is 0 Å². The largest absolute Gasteiger partial charge is 0.478 e. The molecule has 0 saturated carbocycles. The Morgan fingerprint density at radius 1 is 1.50 bits per heavy atom. The van der Waals surface area contributed by atoms with Gasteiger partial charge in [0.1, 0.15) is 0 Å². The van der Waals surface area contributed by atoms with Crippen molar-refractivity contribution in [3.05, 3.63) is 28.8 Å². The smallest absolute Gasteiger partial charge is 0.337 e. The Hall–Kier alpha value is -1.40. The Labute approximate surface area is 111 Å². The van der Waals surface area contributed by atoms with Crippen LogP contribution in [0.3, 0.4) is 0 Å². The van der Waals surface area contributed by atoms with E-state index < -0.39 is 28.6 Å². The summed E-state index contributed by atoms with van der Waals surface area (Å²) in [6, 6.07) is 4.08. The molecule has 5 nitrogen and oxygen atoms in total. The van der Waals surface area contributed by atoms with E-state index in [1.54, 1.807) is 6.92 Å². The number of rotatable bonds is 5. The topological polar surface area (TPSA) is 97.5 Å². The Morgan fingerprint density at radius 2 is 2.11 bits per heavy atom. The highest BCUT2D eigenvalue weighted by molar-refractivity contribution is 7.85. The van der Waals surface area contributed by atoms with Gasteiger partial charge < -0.3 is 10.8 Å². The Balaban J connectivity index is 2.97. The maximum atomic E-state index is 11.9. The molecule has 0 saturated heterocycles. The van der Waals surface area contributed by atoms with E-state index in [0.29, 0.717) is 4.90 Å². The van der Waals surface area contributed by atoms with Gasteiger partial charge in [-0.3, -0.25) is 9.00 Å². The third-order valence-corrected chi connectivity index (χ3v) is 4.23. The second-order valence-electron chi connectivity index (χ2n) is 3.76. The quantitative estimate of drug-likeness (QED) is 0.853. The van der Waals surface area contributed by atoms with Gasteiger partial charge in [0.25, 0.3) is 0 Å². The lowest BCUT2D eigenvalue weighted by molar-refractivity contribution is -0.120. The van der Waals surface area contributed by atoms with Gasteiger partial charge >= 0.3 is 5.97 Å². The summed E-state index contributed by atoms with van der Waals surface area (Å²) in [6.07, 6.45) is 0. The molecule has 1 amide bonds. The number of amides is 1. The van der Waals surface area contributed by atoms with E-state index in [0.717, 1.165) is 0 Å². The van der Waals surface area contributed by atoms with E-state index in [1.165, 1.54) is 18.2 Å². The molecule has 1 aromatic rings. The molecular weight excluding hydrogens is 278 g/mol. The van der Waals surface area contributed by atoms with Crippen molar-refractivity contribution in [2.24, 2.45) is 11.7 Å². The number of carboxylic acid groups (broad SMARTS) is 1. The van der Waals surface area contributed by atoms with Crippen molar-refractivity contribution in [3.63, 3.8) is 0 Å². The average molecular weight is 290 g/mol. The molecule has 0 radical (unpaired) electrons. The minimum atomic E-state index is -1.49. The molecule has 18 heavy (non-hydrogen) atoms. The van der Waals surface area contributed by atoms with Crippen molar-refractivity contribution in [1.29, 1.82) is 0 Å². The first-order valence-corrected chi connectivity index (χ1v) is 6.73. The summed E-state index contributed by atoms with van der Waals surface area (Å²) < 4.78 is 11.9. The van der Waals surface area contributed by atoms with Gasteiger partial charge in [0.2, 0.25) is 5.91 Å².